The summed E-state index contributed by atoms with van der Waals surface area (Å²) in [6.07, 6.45) is -4.49. The fourth-order valence-electron chi connectivity index (χ4n) is 2.46. The minimum atomic E-state index is -4.49. The van der Waals surface area contributed by atoms with Crippen LogP contribution in [0.1, 0.15) is 25.6 Å². The molecule has 8 heteroatoms. The van der Waals surface area contributed by atoms with E-state index in [4.69, 9.17) is 0 Å². The minimum Gasteiger partial charge on any atom is -0.343 e. The van der Waals surface area contributed by atoms with Crippen molar-refractivity contribution < 1.29 is 22.8 Å². The second-order valence-corrected chi connectivity index (χ2v) is 7.01. The van der Waals surface area contributed by atoms with Gasteiger partial charge in [0.25, 0.3) is 11.8 Å². The molecule has 1 aromatic heterocycles. The quantitative estimate of drug-likeness (QED) is 0.673. The Labute approximate surface area is 157 Å². The van der Waals surface area contributed by atoms with Crippen LogP contribution in [0, 0.1) is 6.92 Å². The van der Waals surface area contributed by atoms with Gasteiger partial charge in [0.15, 0.2) is 0 Å². The summed E-state index contributed by atoms with van der Waals surface area (Å²) < 4.78 is 37.7. The number of hydrogen-bond donors (Lipinski definition) is 2. The van der Waals surface area contributed by atoms with Crippen LogP contribution in [0.5, 0.6) is 0 Å². The Hall–Kier alpha value is -2.87. The van der Waals surface area contributed by atoms with Crippen molar-refractivity contribution in [3.05, 3.63) is 64.5 Å². The van der Waals surface area contributed by atoms with E-state index in [-0.39, 0.29) is 11.5 Å². The second kappa shape index (κ2) is 7.40. The molecule has 3 rings (SSSR count). The van der Waals surface area contributed by atoms with Crippen LogP contribution in [0.25, 0.3) is 10.1 Å². The maximum atomic E-state index is 12.5. The van der Waals surface area contributed by atoms with Gasteiger partial charge in [0, 0.05) is 16.0 Å². The van der Waals surface area contributed by atoms with Gasteiger partial charge in [0.1, 0.15) is 6.54 Å². The number of halogens is 3. The number of anilines is 1. The molecule has 0 bridgehead atoms. The average molecular weight is 392 g/mol. The van der Waals surface area contributed by atoms with Gasteiger partial charge >= 0.3 is 6.18 Å². The molecule has 140 valence electrons. The third-order valence-corrected chi connectivity index (χ3v) is 4.96. The first kappa shape index (κ1) is 18.9. The number of carbonyl (C=O) groups excluding carboxylic acids is 2. The summed E-state index contributed by atoms with van der Waals surface area (Å²) in [4.78, 5) is 24.9. The van der Waals surface area contributed by atoms with Crippen LogP contribution < -0.4 is 10.6 Å². The lowest BCUT2D eigenvalue weighted by atomic mass is 10.1. The van der Waals surface area contributed by atoms with Gasteiger partial charge in [0.05, 0.1) is 4.88 Å². The highest BCUT2D eigenvalue weighted by atomic mass is 32.1. The Balaban J connectivity index is 1.77. The van der Waals surface area contributed by atoms with E-state index in [0.717, 1.165) is 10.1 Å². The van der Waals surface area contributed by atoms with Gasteiger partial charge in [-0.05, 0) is 42.1 Å². The molecule has 0 atom stereocenters. The molecule has 1 heterocycles. The molecular formula is C19H15F3N2O2S. The second-order valence-electron chi connectivity index (χ2n) is 5.93. The number of alkyl halides is 3. The highest BCUT2D eigenvalue weighted by Crippen LogP contribution is 2.26. The van der Waals surface area contributed by atoms with Crippen molar-refractivity contribution in [2.75, 3.05) is 11.9 Å². The van der Waals surface area contributed by atoms with E-state index < -0.39 is 18.6 Å². The number of carbonyl (C=O) groups is 2. The third kappa shape index (κ3) is 4.65. The summed E-state index contributed by atoms with van der Waals surface area (Å²) in [7, 11) is 0. The molecule has 0 spiro atoms. The zero-order valence-electron chi connectivity index (χ0n) is 14.2. The topological polar surface area (TPSA) is 58.2 Å². The van der Waals surface area contributed by atoms with Crippen molar-refractivity contribution in [1.82, 2.24) is 5.32 Å². The number of aryl methyl sites for hydroxylation is 1. The molecule has 0 aliphatic rings. The van der Waals surface area contributed by atoms with Crippen molar-refractivity contribution >= 4 is 38.9 Å². The average Bonchev–Trinajstić information content (AvgIpc) is 3.05. The molecule has 27 heavy (non-hydrogen) atoms. The van der Waals surface area contributed by atoms with Gasteiger partial charge in [-0.15, -0.1) is 11.3 Å². The summed E-state index contributed by atoms with van der Waals surface area (Å²) in [5.41, 5.74) is 1.10. The van der Waals surface area contributed by atoms with Gasteiger partial charge in [-0.3, -0.25) is 9.59 Å². The lowest BCUT2D eigenvalue weighted by Gasteiger charge is -2.11. The summed E-state index contributed by atoms with van der Waals surface area (Å²) in [6.45, 7) is 0.321. The SMILES string of the molecule is Cc1ccc(C(=O)NCC(F)(F)F)cc1NC(=O)c1cc2ccccc2s1. The van der Waals surface area contributed by atoms with E-state index in [1.807, 2.05) is 29.6 Å². The zero-order valence-corrected chi connectivity index (χ0v) is 15.0. The summed E-state index contributed by atoms with van der Waals surface area (Å²) >= 11 is 1.34. The van der Waals surface area contributed by atoms with Crippen molar-refractivity contribution in [2.24, 2.45) is 0 Å². The van der Waals surface area contributed by atoms with Crippen LogP contribution in [-0.2, 0) is 0 Å². The minimum absolute atomic E-state index is 0.0384. The van der Waals surface area contributed by atoms with Crippen molar-refractivity contribution in [3.63, 3.8) is 0 Å². The predicted molar refractivity (Wildman–Crippen MR) is 99.3 cm³/mol. The highest BCUT2D eigenvalue weighted by molar-refractivity contribution is 7.20. The fourth-order valence-corrected chi connectivity index (χ4v) is 3.42. The molecule has 2 amide bonds. The van der Waals surface area contributed by atoms with Gasteiger partial charge in [-0.1, -0.05) is 24.3 Å². The maximum absolute atomic E-state index is 12.5. The third-order valence-electron chi connectivity index (χ3n) is 3.85. The van der Waals surface area contributed by atoms with Crippen molar-refractivity contribution in [2.45, 2.75) is 13.1 Å². The first-order valence-corrected chi connectivity index (χ1v) is 8.80. The van der Waals surface area contributed by atoms with E-state index in [1.54, 1.807) is 19.1 Å². The largest absolute Gasteiger partial charge is 0.405 e. The number of benzene rings is 2. The maximum Gasteiger partial charge on any atom is 0.405 e. The van der Waals surface area contributed by atoms with Crippen LogP contribution >= 0.6 is 11.3 Å². The number of nitrogens with one attached hydrogen (secondary N) is 2. The summed E-state index contributed by atoms with van der Waals surface area (Å²) in [6, 6.07) is 13.7. The number of amides is 2. The Morgan fingerprint density at radius 3 is 2.48 bits per heavy atom. The van der Waals surface area contributed by atoms with Crippen LogP contribution in [0.15, 0.2) is 48.5 Å². The molecule has 0 fully saturated rings. The summed E-state index contributed by atoms with van der Waals surface area (Å²) in [5, 5.41) is 5.49. The number of thiophene rings is 1. The molecule has 4 nitrogen and oxygen atoms in total. The monoisotopic (exact) mass is 392 g/mol. The number of fused-ring (bicyclic) bond motifs is 1. The van der Waals surface area contributed by atoms with Crippen LogP contribution in [0.3, 0.4) is 0 Å². The van der Waals surface area contributed by atoms with E-state index >= 15 is 0 Å². The van der Waals surface area contributed by atoms with Gasteiger partial charge < -0.3 is 10.6 Å². The Morgan fingerprint density at radius 1 is 1.04 bits per heavy atom. The van der Waals surface area contributed by atoms with Crippen LogP contribution in [0.2, 0.25) is 0 Å². The lowest BCUT2D eigenvalue weighted by Crippen LogP contribution is -2.33. The molecule has 0 radical (unpaired) electrons. The molecule has 3 aromatic rings. The first-order chi connectivity index (χ1) is 12.7. The predicted octanol–water partition coefficient (Wildman–Crippen LogP) is 4.75. The fraction of sp³-hybridized carbons (Fsp3) is 0.158. The van der Waals surface area contributed by atoms with Crippen LogP contribution in [0.4, 0.5) is 18.9 Å². The molecule has 0 saturated carbocycles. The van der Waals surface area contributed by atoms with E-state index in [9.17, 15) is 22.8 Å². The Bertz CT molecular complexity index is 979. The normalized spacial score (nSPS) is 11.4. The molecule has 2 N–H and O–H groups in total. The smallest absolute Gasteiger partial charge is 0.343 e. The van der Waals surface area contributed by atoms with Gasteiger partial charge in [-0.25, -0.2) is 0 Å². The molecule has 0 unspecified atom stereocenters. The van der Waals surface area contributed by atoms with Crippen LogP contribution in [-0.4, -0.2) is 24.5 Å². The molecule has 0 aliphatic carbocycles. The number of rotatable bonds is 4. The highest BCUT2D eigenvalue weighted by Gasteiger charge is 2.28. The van der Waals surface area contributed by atoms with E-state index in [0.29, 0.717) is 16.1 Å². The van der Waals surface area contributed by atoms with Crippen molar-refractivity contribution in [1.29, 1.82) is 0 Å². The van der Waals surface area contributed by atoms with Gasteiger partial charge in [-0.2, -0.15) is 13.2 Å². The van der Waals surface area contributed by atoms with Gasteiger partial charge in [0.2, 0.25) is 0 Å². The molecule has 0 saturated heterocycles. The molecular weight excluding hydrogens is 377 g/mol. The lowest BCUT2D eigenvalue weighted by molar-refractivity contribution is -0.123. The molecule has 0 aliphatic heterocycles. The number of hydrogen-bond acceptors (Lipinski definition) is 3. The molecule has 2 aromatic carbocycles. The Kier molecular flexibility index (Phi) is 5.18. The first-order valence-electron chi connectivity index (χ1n) is 7.98. The summed E-state index contributed by atoms with van der Waals surface area (Å²) in [5.74, 6) is -1.20. The standard InChI is InChI=1S/C19H15F3N2O2S/c1-11-6-7-13(17(25)23-10-19(20,21)22)8-14(11)24-18(26)16-9-12-4-2-3-5-15(12)27-16/h2-9H,10H2,1H3,(H,23,25)(H,24,26). The van der Waals surface area contributed by atoms with E-state index in [1.165, 1.54) is 23.5 Å². The van der Waals surface area contributed by atoms with E-state index in [2.05, 4.69) is 5.32 Å². The zero-order chi connectivity index (χ0) is 19.6. The Morgan fingerprint density at radius 2 is 1.78 bits per heavy atom. The van der Waals surface area contributed by atoms with Crippen molar-refractivity contribution in [3.8, 4) is 0 Å².